The average molecular weight is 163 g/mol. The van der Waals surface area contributed by atoms with Crippen molar-refractivity contribution >= 4 is 5.69 Å². The Kier molecular flexibility index (Phi) is 1.98. The van der Waals surface area contributed by atoms with E-state index < -0.39 is 0 Å². The summed E-state index contributed by atoms with van der Waals surface area (Å²) in [4.78, 5) is 0. The molecule has 2 rings (SSSR count). The Labute approximate surface area is 72.1 Å². The van der Waals surface area contributed by atoms with Crippen molar-refractivity contribution in [3.63, 3.8) is 0 Å². The van der Waals surface area contributed by atoms with Crippen molar-refractivity contribution in [1.29, 1.82) is 0 Å². The third-order valence-electron chi connectivity index (χ3n) is 2.15. The molecule has 1 aliphatic rings. The van der Waals surface area contributed by atoms with Gasteiger partial charge in [0.2, 0.25) is 0 Å². The van der Waals surface area contributed by atoms with Crippen molar-refractivity contribution in [1.82, 2.24) is 5.32 Å². The van der Waals surface area contributed by atoms with Crippen LogP contribution in [-0.2, 0) is 6.54 Å². The van der Waals surface area contributed by atoms with Crippen LogP contribution < -0.4 is 16.2 Å². The number of anilines is 1. The second kappa shape index (κ2) is 3.13. The zero-order chi connectivity index (χ0) is 8.39. The molecule has 0 aliphatic carbocycles. The Morgan fingerprint density at radius 3 is 3.08 bits per heavy atom. The molecule has 1 aromatic rings. The molecule has 3 heteroatoms. The lowest BCUT2D eigenvalue weighted by atomic mass is 10.2. The summed E-state index contributed by atoms with van der Waals surface area (Å²) in [6, 6.07) is 8.22. The highest BCUT2D eigenvalue weighted by Gasteiger charge is 2.09. The van der Waals surface area contributed by atoms with E-state index in [9.17, 15) is 0 Å². The van der Waals surface area contributed by atoms with Gasteiger partial charge >= 0.3 is 0 Å². The first kappa shape index (κ1) is 7.58. The summed E-state index contributed by atoms with van der Waals surface area (Å²) in [5.41, 5.74) is 2.42. The molecule has 1 aliphatic heterocycles. The van der Waals surface area contributed by atoms with Gasteiger partial charge in [-0.25, -0.2) is 5.84 Å². The van der Waals surface area contributed by atoms with Crippen LogP contribution in [0.4, 0.5) is 5.69 Å². The molecule has 0 saturated heterocycles. The quantitative estimate of drug-likeness (QED) is 0.546. The Balaban J connectivity index is 2.39. The maximum Gasteiger partial charge on any atom is 0.0562 e. The van der Waals surface area contributed by atoms with Crippen LogP contribution in [0.15, 0.2) is 24.3 Å². The molecule has 1 heterocycles. The van der Waals surface area contributed by atoms with Crippen LogP contribution >= 0.6 is 0 Å². The monoisotopic (exact) mass is 163 g/mol. The van der Waals surface area contributed by atoms with Crippen LogP contribution in [0.3, 0.4) is 0 Å². The number of hydrazine groups is 1. The molecular weight excluding hydrogens is 150 g/mol. The minimum Gasteiger partial charge on any atom is -0.311 e. The fourth-order valence-electron chi connectivity index (χ4n) is 1.48. The van der Waals surface area contributed by atoms with Gasteiger partial charge in [-0.3, -0.25) is 0 Å². The Morgan fingerprint density at radius 2 is 2.17 bits per heavy atom. The lowest BCUT2D eigenvalue weighted by molar-refractivity contribution is 0.697. The van der Waals surface area contributed by atoms with Crippen LogP contribution in [0.1, 0.15) is 5.56 Å². The highest BCUT2D eigenvalue weighted by atomic mass is 15.4. The van der Waals surface area contributed by atoms with Crippen molar-refractivity contribution in [3.05, 3.63) is 29.8 Å². The number of nitrogens with zero attached hydrogens (tertiary/aromatic N) is 1. The number of nitrogens with two attached hydrogens (primary N) is 1. The molecule has 0 amide bonds. The predicted octanol–water partition coefficient (Wildman–Crippen LogP) is 0.470. The first-order chi connectivity index (χ1) is 5.88. The van der Waals surface area contributed by atoms with Gasteiger partial charge in [-0.1, -0.05) is 18.2 Å². The lowest BCUT2D eigenvalue weighted by Crippen LogP contribution is -2.34. The van der Waals surface area contributed by atoms with E-state index in [-0.39, 0.29) is 0 Å². The first-order valence-corrected chi connectivity index (χ1v) is 4.19. The molecule has 0 bridgehead atoms. The van der Waals surface area contributed by atoms with Gasteiger partial charge in [0.1, 0.15) is 0 Å². The summed E-state index contributed by atoms with van der Waals surface area (Å²) in [7, 11) is 0. The minimum absolute atomic E-state index is 0.872. The summed E-state index contributed by atoms with van der Waals surface area (Å²) in [6.07, 6.45) is 0. The van der Waals surface area contributed by atoms with Crippen molar-refractivity contribution in [2.45, 2.75) is 6.54 Å². The van der Waals surface area contributed by atoms with Gasteiger partial charge in [-0.15, -0.1) is 0 Å². The maximum absolute atomic E-state index is 5.84. The standard InChI is InChI=1S/C9H13N3/c10-12-6-5-11-7-8-3-1-2-4-9(8)12/h1-4,11H,5-7,10H2. The van der Waals surface area contributed by atoms with Crippen molar-refractivity contribution in [3.8, 4) is 0 Å². The van der Waals surface area contributed by atoms with Crippen molar-refractivity contribution in [2.75, 3.05) is 18.1 Å². The predicted molar refractivity (Wildman–Crippen MR) is 49.7 cm³/mol. The molecule has 3 N–H and O–H groups in total. The summed E-state index contributed by atoms with van der Waals surface area (Å²) in [5.74, 6) is 5.84. The number of fused-ring (bicyclic) bond motifs is 1. The number of para-hydroxylation sites is 1. The largest absolute Gasteiger partial charge is 0.311 e. The molecule has 3 nitrogen and oxygen atoms in total. The number of rotatable bonds is 0. The minimum atomic E-state index is 0.872. The third kappa shape index (κ3) is 1.29. The van der Waals surface area contributed by atoms with E-state index in [0.717, 1.165) is 25.3 Å². The van der Waals surface area contributed by atoms with Gasteiger partial charge < -0.3 is 10.3 Å². The summed E-state index contributed by atoms with van der Waals surface area (Å²) in [5, 5.41) is 5.11. The lowest BCUT2D eigenvalue weighted by Gasteiger charge is -2.17. The second-order valence-electron chi connectivity index (χ2n) is 3.00. The fourth-order valence-corrected chi connectivity index (χ4v) is 1.48. The fraction of sp³-hybridized carbons (Fsp3) is 0.333. The van der Waals surface area contributed by atoms with Gasteiger partial charge in [-0.2, -0.15) is 0 Å². The molecule has 1 aromatic carbocycles. The van der Waals surface area contributed by atoms with E-state index in [1.54, 1.807) is 5.01 Å². The van der Waals surface area contributed by atoms with E-state index in [4.69, 9.17) is 5.84 Å². The summed E-state index contributed by atoms with van der Waals surface area (Å²) in [6.45, 7) is 2.74. The van der Waals surface area contributed by atoms with Crippen molar-refractivity contribution < 1.29 is 0 Å². The van der Waals surface area contributed by atoms with Gasteiger partial charge in [0, 0.05) is 19.6 Å². The van der Waals surface area contributed by atoms with Gasteiger partial charge in [0.05, 0.1) is 5.69 Å². The number of hydrogen-bond donors (Lipinski definition) is 2. The molecule has 12 heavy (non-hydrogen) atoms. The van der Waals surface area contributed by atoms with Crippen LogP contribution in [0.5, 0.6) is 0 Å². The molecule has 0 atom stereocenters. The molecule has 0 fully saturated rings. The highest BCUT2D eigenvalue weighted by molar-refractivity contribution is 5.52. The van der Waals surface area contributed by atoms with E-state index >= 15 is 0 Å². The molecule has 0 unspecified atom stereocenters. The first-order valence-electron chi connectivity index (χ1n) is 4.19. The van der Waals surface area contributed by atoms with Crippen molar-refractivity contribution in [2.24, 2.45) is 5.84 Å². The Bertz CT molecular complexity index is 272. The molecule has 64 valence electrons. The highest BCUT2D eigenvalue weighted by Crippen LogP contribution is 2.18. The third-order valence-corrected chi connectivity index (χ3v) is 2.15. The van der Waals surface area contributed by atoms with Crippen LogP contribution in [0, 0.1) is 0 Å². The molecular formula is C9H13N3. The number of hydrogen-bond acceptors (Lipinski definition) is 3. The van der Waals surface area contributed by atoms with Crippen LogP contribution in [-0.4, -0.2) is 13.1 Å². The smallest absolute Gasteiger partial charge is 0.0562 e. The zero-order valence-corrected chi connectivity index (χ0v) is 6.96. The molecule has 0 radical (unpaired) electrons. The van der Waals surface area contributed by atoms with Crippen LogP contribution in [0.25, 0.3) is 0 Å². The van der Waals surface area contributed by atoms with Crippen LogP contribution in [0.2, 0.25) is 0 Å². The van der Waals surface area contributed by atoms with E-state index in [1.807, 2.05) is 12.1 Å². The topological polar surface area (TPSA) is 41.3 Å². The summed E-state index contributed by atoms with van der Waals surface area (Å²) < 4.78 is 0. The number of nitrogens with one attached hydrogen (secondary N) is 1. The summed E-state index contributed by atoms with van der Waals surface area (Å²) >= 11 is 0. The Hall–Kier alpha value is -1.06. The zero-order valence-electron chi connectivity index (χ0n) is 6.96. The van der Waals surface area contributed by atoms with E-state index in [2.05, 4.69) is 17.4 Å². The Morgan fingerprint density at radius 1 is 1.33 bits per heavy atom. The second-order valence-corrected chi connectivity index (χ2v) is 3.00. The van der Waals surface area contributed by atoms with Gasteiger partial charge in [-0.05, 0) is 11.6 Å². The van der Waals surface area contributed by atoms with E-state index in [0.29, 0.717) is 0 Å². The molecule has 0 spiro atoms. The maximum atomic E-state index is 5.84. The average Bonchev–Trinajstić information content (AvgIpc) is 2.29. The van der Waals surface area contributed by atoms with E-state index in [1.165, 1.54) is 5.56 Å². The molecule has 0 aromatic heterocycles. The normalized spacial score (nSPS) is 16.9. The SMILES string of the molecule is NN1CCNCc2ccccc21. The van der Waals surface area contributed by atoms with Gasteiger partial charge in [0.15, 0.2) is 0 Å². The van der Waals surface area contributed by atoms with Gasteiger partial charge in [0.25, 0.3) is 0 Å². The molecule has 0 saturated carbocycles. The number of benzene rings is 1.